The van der Waals surface area contributed by atoms with E-state index in [1.807, 2.05) is 33.3 Å². The Labute approximate surface area is 535 Å². The summed E-state index contributed by atoms with van der Waals surface area (Å²) in [4.78, 5) is 37.9. The van der Waals surface area contributed by atoms with Gasteiger partial charge in [-0.2, -0.15) is 0 Å². The molecule has 10 heteroatoms. The van der Waals surface area contributed by atoms with Crippen LogP contribution in [0.4, 0.5) is 0 Å². The molecule has 0 spiro atoms. The highest BCUT2D eigenvalue weighted by Crippen LogP contribution is 2.43. The van der Waals surface area contributed by atoms with E-state index in [-0.39, 0.29) is 31.5 Å². The summed E-state index contributed by atoms with van der Waals surface area (Å²) in [5, 5.41) is 3.04. The third kappa shape index (κ3) is 65.9. The SMILES string of the molecule is CC/C=C\C/C=C\C/C=C\C/C=C\C/C=C\C/C=C\CCCCCCCCCCC(=O)OC(/C=C/CCCCCCCCCCC)C(COP(=O)(O)OCC[N+](C)(C)C)NC(=O)CCCCCC/C=C\C/C=C\C/C=C\C/C=C\C/C=C\C/C=C\CC. The fourth-order valence-electron chi connectivity index (χ4n) is 9.18. The predicted molar refractivity (Wildman–Crippen MR) is 378 cm³/mol. The van der Waals surface area contributed by atoms with Crippen molar-refractivity contribution in [3.8, 4) is 0 Å². The van der Waals surface area contributed by atoms with Crippen molar-refractivity contribution in [1.82, 2.24) is 5.32 Å². The zero-order valence-corrected chi connectivity index (χ0v) is 57.3. The molecule has 494 valence electrons. The first-order valence-electron chi connectivity index (χ1n) is 34.8. The minimum Gasteiger partial charge on any atom is -0.456 e. The summed E-state index contributed by atoms with van der Waals surface area (Å²) < 4.78 is 30.8. The van der Waals surface area contributed by atoms with Crippen LogP contribution in [-0.4, -0.2) is 74.3 Å². The second kappa shape index (κ2) is 64.6. The zero-order valence-electron chi connectivity index (χ0n) is 56.4. The van der Waals surface area contributed by atoms with Crippen LogP contribution in [0.15, 0.2) is 158 Å². The Morgan fingerprint density at radius 3 is 1.10 bits per heavy atom. The Hall–Kier alpha value is -4.37. The Bertz CT molecular complexity index is 2050. The van der Waals surface area contributed by atoms with E-state index in [4.69, 9.17) is 13.8 Å². The first kappa shape index (κ1) is 82.6. The topological polar surface area (TPSA) is 111 Å². The van der Waals surface area contributed by atoms with Crippen molar-refractivity contribution in [1.29, 1.82) is 0 Å². The number of esters is 1. The standard InChI is InChI=1S/C77H129N2O7P/c1-7-10-13-16-19-22-25-27-29-31-33-35-37-38-39-40-42-44-46-48-50-52-55-58-61-64-67-70-77(81)86-75(68-65-62-59-56-53-24-21-18-15-12-9-3)74(73-85-87(82,83)84-72-71-79(4,5)6)78-76(80)69-66-63-60-57-54-51-49-47-45-43-41-36-34-32-30-28-26-23-20-17-14-11-8-2/h10-11,13-14,19-20,22-23,27-30,33-36,38-39,42-45,49,51,65,68,74-75H,7-9,12,15-18,21,24-26,31-32,37,40-41,46-48,50,52-64,66-67,69-73H2,1-6H3,(H-,78,80,82,83)/p+1/b13-10-,14-11-,22-19-,23-20-,29-27-,30-28-,35-33-,36-34-,39-38-,44-42-,45-43-,51-49-,68-65+. The quantitative estimate of drug-likeness (QED) is 0.0205. The number of carbonyl (C=O) groups excluding carboxylic acids is 2. The summed E-state index contributed by atoms with van der Waals surface area (Å²) in [5.74, 6) is -0.555. The average Bonchev–Trinajstić information content (AvgIpc) is 3.70. The number of phosphoric acid groups is 1. The van der Waals surface area contributed by atoms with Crippen LogP contribution in [0.3, 0.4) is 0 Å². The number of nitrogens with one attached hydrogen (secondary N) is 1. The van der Waals surface area contributed by atoms with E-state index in [9.17, 15) is 19.0 Å². The molecule has 0 fully saturated rings. The van der Waals surface area contributed by atoms with Gasteiger partial charge in [-0.1, -0.05) is 275 Å². The molecule has 0 aliphatic rings. The van der Waals surface area contributed by atoms with Crippen molar-refractivity contribution in [2.24, 2.45) is 0 Å². The van der Waals surface area contributed by atoms with Crippen molar-refractivity contribution < 1.29 is 37.3 Å². The number of amides is 1. The maximum absolute atomic E-state index is 13.6. The number of hydrogen-bond donors (Lipinski definition) is 2. The van der Waals surface area contributed by atoms with E-state index in [1.54, 1.807) is 0 Å². The van der Waals surface area contributed by atoms with E-state index in [0.717, 1.165) is 154 Å². The normalized spacial score (nSPS) is 14.5. The molecule has 0 heterocycles. The molecule has 9 nitrogen and oxygen atoms in total. The summed E-state index contributed by atoms with van der Waals surface area (Å²) in [5.41, 5.74) is 0. The molecule has 0 saturated heterocycles. The summed E-state index contributed by atoms with van der Waals surface area (Å²) >= 11 is 0. The van der Waals surface area contributed by atoms with Gasteiger partial charge < -0.3 is 19.4 Å². The van der Waals surface area contributed by atoms with Crippen LogP contribution in [0.5, 0.6) is 0 Å². The first-order valence-corrected chi connectivity index (χ1v) is 36.3. The van der Waals surface area contributed by atoms with Gasteiger partial charge in [-0.25, -0.2) is 4.57 Å². The Morgan fingerprint density at radius 1 is 0.414 bits per heavy atom. The lowest BCUT2D eigenvalue weighted by atomic mass is 10.1. The van der Waals surface area contributed by atoms with Gasteiger partial charge in [0.05, 0.1) is 33.8 Å². The van der Waals surface area contributed by atoms with Gasteiger partial charge in [0, 0.05) is 12.8 Å². The minimum atomic E-state index is -4.47. The largest absolute Gasteiger partial charge is 0.472 e. The van der Waals surface area contributed by atoms with Crippen LogP contribution in [0.2, 0.25) is 0 Å². The molecule has 0 aromatic rings. The number of quaternary nitrogens is 1. The van der Waals surface area contributed by atoms with Gasteiger partial charge in [0.2, 0.25) is 5.91 Å². The molecule has 2 N–H and O–H groups in total. The summed E-state index contributed by atoms with van der Waals surface area (Å²) in [6.45, 7) is 6.74. The second-order valence-electron chi connectivity index (χ2n) is 23.9. The number of allylic oxidation sites excluding steroid dienone is 25. The monoisotopic (exact) mass is 1230 g/mol. The summed E-state index contributed by atoms with van der Waals surface area (Å²) in [6, 6.07) is -0.879. The number of likely N-dealkylation sites (N-methyl/N-ethyl adjacent to an activating group) is 1. The van der Waals surface area contributed by atoms with Crippen LogP contribution in [0.1, 0.15) is 265 Å². The molecule has 0 radical (unpaired) electrons. The molecule has 0 aliphatic carbocycles. The van der Waals surface area contributed by atoms with Crippen LogP contribution in [0, 0.1) is 0 Å². The van der Waals surface area contributed by atoms with Gasteiger partial charge in [-0.15, -0.1) is 0 Å². The molecule has 1 amide bonds. The van der Waals surface area contributed by atoms with Crippen LogP contribution < -0.4 is 5.32 Å². The maximum atomic E-state index is 13.6. The number of nitrogens with zero attached hydrogens (tertiary/aromatic N) is 1. The molecule has 0 bridgehead atoms. The number of phosphoric ester groups is 1. The Kier molecular flexibility index (Phi) is 61.4. The highest BCUT2D eigenvalue weighted by atomic mass is 31.2. The van der Waals surface area contributed by atoms with Gasteiger partial charge >= 0.3 is 13.8 Å². The summed E-state index contributed by atoms with van der Waals surface area (Å²) in [7, 11) is 1.45. The predicted octanol–water partition coefficient (Wildman–Crippen LogP) is 22.3. The molecule has 0 aliphatic heterocycles. The fourth-order valence-corrected chi connectivity index (χ4v) is 9.92. The smallest absolute Gasteiger partial charge is 0.456 e. The summed E-state index contributed by atoms with van der Waals surface area (Å²) in [6.07, 6.45) is 95.4. The number of carbonyl (C=O) groups is 2. The molecule has 87 heavy (non-hydrogen) atoms. The molecule has 0 saturated carbocycles. The van der Waals surface area contributed by atoms with Crippen molar-refractivity contribution in [3.63, 3.8) is 0 Å². The van der Waals surface area contributed by atoms with Gasteiger partial charge in [0.25, 0.3) is 0 Å². The highest BCUT2D eigenvalue weighted by Gasteiger charge is 2.30. The van der Waals surface area contributed by atoms with E-state index >= 15 is 0 Å². The van der Waals surface area contributed by atoms with Crippen LogP contribution >= 0.6 is 7.82 Å². The number of unbranched alkanes of at least 4 members (excludes halogenated alkanes) is 21. The highest BCUT2D eigenvalue weighted by molar-refractivity contribution is 7.47. The van der Waals surface area contributed by atoms with Gasteiger partial charge in [0.15, 0.2) is 0 Å². The van der Waals surface area contributed by atoms with Crippen molar-refractivity contribution in [2.75, 3.05) is 40.9 Å². The lowest BCUT2D eigenvalue weighted by Gasteiger charge is -2.27. The van der Waals surface area contributed by atoms with Gasteiger partial charge in [-0.3, -0.25) is 18.6 Å². The number of rotatable bonds is 61. The molecule has 0 aromatic heterocycles. The average molecular weight is 1230 g/mol. The van der Waals surface area contributed by atoms with Crippen LogP contribution in [0.25, 0.3) is 0 Å². The van der Waals surface area contributed by atoms with Gasteiger partial charge in [0.1, 0.15) is 19.3 Å². The first-order chi connectivity index (χ1) is 42.4. The molecular weight excluding hydrogens is 1100 g/mol. The minimum absolute atomic E-state index is 0.0243. The van der Waals surface area contributed by atoms with E-state index < -0.39 is 20.0 Å². The molecule has 0 rings (SSSR count). The molecule has 3 unspecified atom stereocenters. The Morgan fingerprint density at radius 2 is 0.736 bits per heavy atom. The van der Waals surface area contributed by atoms with Crippen LogP contribution in [-0.2, 0) is 27.9 Å². The van der Waals surface area contributed by atoms with E-state index in [2.05, 4.69) is 172 Å². The maximum Gasteiger partial charge on any atom is 0.472 e. The number of ether oxygens (including phenoxy) is 1. The van der Waals surface area contributed by atoms with E-state index in [0.29, 0.717) is 23.9 Å². The van der Waals surface area contributed by atoms with Gasteiger partial charge in [-0.05, 0) is 134 Å². The molecule has 0 aromatic carbocycles. The van der Waals surface area contributed by atoms with Crippen molar-refractivity contribution in [3.05, 3.63) is 158 Å². The lowest BCUT2D eigenvalue weighted by Crippen LogP contribution is -2.47. The zero-order chi connectivity index (χ0) is 63.5. The lowest BCUT2D eigenvalue weighted by molar-refractivity contribution is -0.870. The molecular formula is C77H130N2O7P+. The third-order valence-corrected chi connectivity index (χ3v) is 15.4. The van der Waals surface area contributed by atoms with Crippen molar-refractivity contribution >= 4 is 19.7 Å². The van der Waals surface area contributed by atoms with E-state index in [1.165, 1.54) is 70.6 Å². The molecule has 3 atom stereocenters. The van der Waals surface area contributed by atoms with Crippen molar-refractivity contribution in [2.45, 2.75) is 277 Å². The third-order valence-electron chi connectivity index (χ3n) is 14.5. The fraction of sp³-hybridized carbons (Fsp3) is 0.636. The number of hydrogen-bond acceptors (Lipinski definition) is 6. The second-order valence-corrected chi connectivity index (χ2v) is 25.4. The Balaban J connectivity index is 5.15.